The van der Waals surface area contributed by atoms with Gasteiger partial charge < -0.3 is 0 Å². The summed E-state index contributed by atoms with van der Waals surface area (Å²) in [4.78, 5) is 16.3. The number of carbonyl (C=O) groups excluding carboxylic acids is 1. The predicted octanol–water partition coefficient (Wildman–Crippen LogP) is 3.10. The summed E-state index contributed by atoms with van der Waals surface area (Å²) in [6, 6.07) is 14.5. The van der Waals surface area contributed by atoms with Crippen LogP contribution in [0.25, 0.3) is 11.4 Å². The van der Waals surface area contributed by atoms with Crippen LogP contribution in [0.3, 0.4) is 0 Å². The maximum Gasteiger partial charge on any atom is 0.168 e. The largest absolute Gasteiger partial charge is 0.294 e. The number of carbonyl (C=O) groups is 1. The molecule has 0 amide bonds. The summed E-state index contributed by atoms with van der Waals surface area (Å²) in [5.41, 5.74) is 2.40. The van der Waals surface area contributed by atoms with Crippen molar-refractivity contribution in [1.82, 2.24) is 15.2 Å². The fourth-order valence-corrected chi connectivity index (χ4v) is 2.01. The second-order valence-electron chi connectivity index (χ2n) is 4.73. The molecule has 0 radical (unpaired) electrons. The molecule has 4 nitrogen and oxygen atoms in total. The van der Waals surface area contributed by atoms with Gasteiger partial charge in [0.05, 0.1) is 17.8 Å². The predicted molar refractivity (Wildman–Crippen MR) is 79.7 cm³/mol. The van der Waals surface area contributed by atoms with Gasteiger partial charge in [0.15, 0.2) is 5.78 Å². The van der Waals surface area contributed by atoms with Gasteiger partial charge in [0.25, 0.3) is 0 Å². The minimum Gasteiger partial charge on any atom is -0.294 e. The first-order valence-corrected chi connectivity index (χ1v) is 6.75. The summed E-state index contributed by atoms with van der Waals surface area (Å²) in [5.74, 6) is -0.490. The van der Waals surface area contributed by atoms with Crippen LogP contribution >= 0.6 is 0 Å². The first kappa shape index (κ1) is 14.0. The summed E-state index contributed by atoms with van der Waals surface area (Å²) in [5, 5.41) is 8.14. The van der Waals surface area contributed by atoms with Gasteiger partial charge >= 0.3 is 0 Å². The molecule has 0 N–H and O–H groups in total. The Hall–Kier alpha value is -2.95. The van der Waals surface area contributed by atoms with E-state index in [9.17, 15) is 9.18 Å². The highest BCUT2D eigenvalue weighted by atomic mass is 19.1. The average Bonchev–Trinajstić information content (AvgIpc) is 2.57. The van der Waals surface area contributed by atoms with Crippen LogP contribution < -0.4 is 0 Å². The Bertz CT molecular complexity index is 771. The third-order valence-electron chi connectivity index (χ3n) is 3.15. The smallest absolute Gasteiger partial charge is 0.168 e. The second-order valence-corrected chi connectivity index (χ2v) is 4.73. The van der Waals surface area contributed by atoms with E-state index in [0.29, 0.717) is 17.0 Å². The van der Waals surface area contributed by atoms with Crippen molar-refractivity contribution in [2.45, 2.75) is 6.42 Å². The molecule has 0 saturated carbocycles. The van der Waals surface area contributed by atoms with Gasteiger partial charge in [0.1, 0.15) is 11.5 Å². The van der Waals surface area contributed by atoms with Gasteiger partial charge in [-0.3, -0.25) is 9.78 Å². The highest BCUT2D eigenvalue weighted by Gasteiger charge is 2.09. The SMILES string of the molecule is O=C(Cc1ccc(-c2ccccn2)nn1)c1ccc(F)cc1. The Morgan fingerprint density at radius 3 is 2.36 bits per heavy atom. The normalized spacial score (nSPS) is 10.4. The summed E-state index contributed by atoms with van der Waals surface area (Å²) in [6.07, 6.45) is 1.81. The number of benzene rings is 1. The molecule has 5 heteroatoms. The summed E-state index contributed by atoms with van der Waals surface area (Å²) in [7, 11) is 0. The molecule has 0 aliphatic heterocycles. The number of hydrogen-bond acceptors (Lipinski definition) is 4. The van der Waals surface area contributed by atoms with Crippen LogP contribution in [0.15, 0.2) is 60.8 Å². The third kappa shape index (κ3) is 3.20. The molecular weight excluding hydrogens is 281 g/mol. The molecule has 0 aliphatic rings. The van der Waals surface area contributed by atoms with Crippen LogP contribution in [0, 0.1) is 5.82 Å². The molecule has 0 atom stereocenters. The van der Waals surface area contributed by atoms with E-state index in [0.717, 1.165) is 5.69 Å². The minimum absolute atomic E-state index is 0.125. The lowest BCUT2D eigenvalue weighted by Gasteiger charge is -2.02. The van der Waals surface area contributed by atoms with Crippen molar-refractivity contribution in [3.05, 3.63) is 77.9 Å². The molecule has 0 fully saturated rings. The van der Waals surface area contributed by atoms with Crippen LogP contribution in [-0.2, 0) is 6.42 Å². The molecule has 0 unspecified atom stereocenters. The first-order chi connectivity index (χ1) is 10.7. The molecular formula is C17H12FN3O. The molecule has 3 rings (SSSR count). The van der Waals surface area contributed by atoms with Gasteiger partial charge in [-0.05, 0) is 48.5 Å². The molecule has 1 aromatic carbocycles. The summed E-state index contributed by atoms with van der Waals surface area (Å²) >= 11 is 0. The van der Waals surface area contributed by atoms with Crippen LogP contribution in [0.4, 0.5) is 4.39 Å². The van der Waals surface area contributed by atoms with Crippen molar-refractivity contribution < 1.29 is 9.18 Å². The molecule has 22 heavy (non-hydrogen) atoms. The van der Waals surface area contributed by atoms with E-state index >= 15 is 0 Å². The lowest BCUT2D eigenvalue weighted by Crippen LogP contribution is -2.06. The number of nitrogens with zero attached hydrogens (tertiary/aromatic N) is 3. The van der Waals surface area contributed by atoms with Gasteiger partial charge in [0.2, 0.25) is 0 Å². The second kappa shape index (κ2) is 6.22. The lowest BCUT2D eigenvalue weighted by atomic mass is 10.1. The van der Waals surface area contributed by atoms with Crippen molar-refractivity contribution in [2.75, 3.05) is 0 Å². The fourth-order valence-electron chi connectivity index (χ4n) is 2.01. The Morgan fingerprint density at radius 1 is 0.909 bits per heavy atom. The Kier molecular flexibility index (Phi) is 3.96. The molecule has 2 aromatic heterocycles. The number of aromatic nitrogens is 3. The van der Waals surface area contributed by atoms with E-state index in [-0.39, 0.29) is 18.0 Å². The highest BCUT2D eigenvalue weighted by molar-refractivity contribution is 5.97. The standard InChI is InChI=1S/C17H12FN3O/c18-13-6-4-12(5-7-13)17(22)11-14-8-9-16(21-20-14)15-3-1-2-10-19-15/h1-10H,11H2. The Labute approximate surface area is 126 Å². The number of ketones is 1. The average molecular weight is 293 g/mol. The zero-order chi connectivity index (χ0) is 15.4. The lowest BCUT2D eigenvalue weighted by molar-refractivity contribution is 0.0991. The van der Waals surface area contributed by atoms with Gasteiger partial charge in [0, 0.05) is 11.8 Å². The van der Waals surface area contributed by atoms with Crippen molar-refractivity contribution in [1.29, 1.82) is 0 Å². The minimum atomic E-state index is -0.365. The van der Waals surface area contributed by atoms with Crippen molar-refractivity contribution in [2.24, 2.45) is 0 Å². The first-order valence-electron chi connectivity index (χ1n) is 6.75. The number of pyridine rings is 1. The third-order valence-corrected chi connectivity index (χ3v) is 3.15. The van der Waals surface area contributed by atoms with Crippen LogP contribution in [-0.4, -0.2) is 21.0 Å². The van der Waals surface area contributed by atoms with E-state index in [1.807, 2.05) is 18.2 Å². The van der Waals surface area contributed by atoms with Crippen LogP contribution in [0.5, 0.6) is 0 Å². The van der Waals surface area contributed by atoms with Gasteiger partial charge in [-0.25, -0.2) is 4.39 Å². The summed E-state index contributed by atoms with van der Waals surface area (Å²) in [6.45, 7) is 0. The van der Waals surface area contributed by atoms with E-state index in [2.05, 4.69) is 15.2 Å². The van der Waals surface area contributed by atoms with Crippen molar-refractivity contribution in [3.63, 3.8) is 0 Å². The number of halogens is 1. The highest BCUT2D eigenvalue weighted by Crippen LogP contribution is 2.13. The zero-order valence-corrected chi connectivity index (χ0v) is 11.6. The number of rotatable bonds is 4. The van der Waals surface area contributed by atoms with Crippen LogP contribution in [0.1, 0.15) is 16.1 Å². The Balaban J connectivity index is 1.73. The number of Topliss-reactive ketones (excluding diaryl/α,β-unsaturated/α-hetero) is 1. The van der Waals surface area contributed by atoms with Crippen LogP contribution in [0.2, 0.25) is 0 Å². The molecule has 0 spiro atoms. The van der Waals surface area contributed by atoms with Crippen molar-refractivity contribution >= 4 is 5.78 Å². The van der Waals surface area contributed by atoms with Gasteiger partial charge in [-0.2, -0.15) is 5.10 Å². The van der Waals surface area contributed by atoms with Crippen molar-refractivity contribution in [3.8, 4) is 11.4 Å². The maximum atomic E-state index is 12.8. The summed E-state index contributed by atoms with van der Waals surface area (Å²) < 4.78 is 12.8. The fraction of sp³-hybridized carbons (Fsp3) is 0.0588. The van der Waals surface area contributed by atoms with E-state index < -0.39 is 0 Å². The molecule has 2 heterocycles. The number of hydrogen-bond donors (Lipinski definition) is 0. The van der Waals surface area contributed by atoms with E-state index in [1.54, 1.807) is 18.3 Å². The maximum absolute atomic E-state index is 12.8. The molecule has 108 valence electrons. The van der Waals surface area contributed by atoms with Gasteiger partial charge in [-0.1, -0.05) is 6.07 Å². The van der Waals surface area contributed by atoms with E-state index in [4.69, 9.17) is 0 Å². The topological polar surface area (TPSA) is 55.7 Å². The Morgan fingerprint density at radius 2 is 1.73 bits per heavy atom. The quantitative estimate of drug-likeness (QED) is 0.694. The zero-order valence-electron chi connectivity index (χ0n) is 11.6. The molecule has 0 aliphatic carbocycles. The van der Waals surface area contributed by atoms with Gasteiger partial charge in [-0.15, -0.1) is 5.10 Å². The van der Waals surface area contributed by atoms with E-state index in [1.165, 1.54) is 24.3 Å². The molecule has 3 aromatic rings. The molecule has 0 bridgehead atoms. The molecule has 0 saturated heterocycles. The monoisotopic (exact) mass is 293 g/mol.